The summed E-state index contributed by atoms with van der Waals surface area (Å²) in [6, 6.07) is 24.1. The van der Waals surface area contributed by atoms with Gasteiger partial charge in [0.1, 0.15) is 0 Å². The van der Waals surface area contributed by atoms with Crippen molar-refractivity contribution in [3.8, 4) is 0 Å². The average Bonchev–Trinajstić information content (AvgIpc) is 2.54. The van der Waals surface area contributed by atoms with Crippen LogP contribution in [0.25, 0.3) is 10.8 Å². The highest BCUT2D eigenvalue weighted by molar-refractivity contribution is 5.87. The lowest BCUT2D eigenvalue weighted by atomic mass is 10.0. The molecule has 0 aliphatic carbocycles. The fraction of sp³-hybridized carbons (Fsp3) is 0.158. The van der Waals surface area contributed by atoms with E-state index in [1.165, 1.54) is 40.6 Å². The molecule has 0 amide bonds. The van der Waals surface area contributed by atoms with E-state index in [-0.39, 0.29) is 0 Å². The highest BCUT2D eigenvalue weighted by Crippen LogP contribution is 2.34. The highest BCUT2D eigenvalue weighted by atomic mass is 15.1. The highest BCUT2D eigenvalue weighted by Gasteiger charge is 2.17. The van der Waals surface area contributed by atoms with Gasteiger partial charge in [0.15, 0.2) is 0 Å². The lowest BCUT2D eigenvalue weighted by Gasteiger charge is -2.31. The molecule has 0 unspecified atom stereocenters. The molecule has 1 nitrogen and oxygen atoms in total. The van der Waals surface area contributed by atoms with Crippen molar-refractivity contribution in [3.63, 3.8) is 0 Å². The van der Waals surface area contributed by atoms with Gasteiger partial charge in [0.2, 0.25) is 0 Å². The third-order valence-corrected chi connectivity index (χ3v) is 4.15. The maximum atomic E-state index is 2.45. The van der Waals surface area contributed by atoms with Gasteiger partial charge in [-0.25, -0.2) is 0 Å². The van der Waals surface area contributed by atoms with E-state index in [9.17, 15) is 0 Å². The molecule has 3 aromatic rings. The summed E-state index contributed by atoms with van der Waals surface area (Å²) in [6.45, 7) is 1.11. The van der Waals surface area contributed by atoms with Gasteiger partial charge in [-0.1, -0.05) is 48.5 Å². The predicted molar refractivity (Wildman–Crippen MR) is 85.7 cm³/mol. The second-order valence-electron chi connectivity index (χ2n) is 5.42. The number of nitrogens with zero attached hydrogens (tertiary/aromatic N) is 1. The summed E-state index contributed by atoms with van der Waals surface area (Å²) in [7, 11) is 0. The lowest BCUT2D eigenvalue weighted by Crippen LogP contribution is -2.24. The van der Waals surface area contributed by atoms with Gasteiger partial charge in [0.25, 0.3) is 0 Å². The van der Waals surface area contributed by atoms with Crippen LogP contribution in [-0.2, 0) is 6.42 Å². The molecule has 1 aliphatic heterocycles. The molecule has 0 radical (unpaired) electrons. The van der Waals surface area contributed by atoms with Crippen molar-refractivity contribution in [2.24, 2.45) is 0 Å². The van der Waals surface area contributed by atoms with E-state index in [1.807, 2.05) is 0 Å². The van der Waals surface area contributed by atoms with Gasteiger partial charge in [-0.3, -0.25) is 0 Å². The van der Waals surface area contributed by atoms with Crippen LogP contribution in [0.5, 0.6) is 0 Å². The number of hydrogen-bond acceptors (Lipinski definition) is 1. The second kappa shape index (κ2) is 4.68. The standard InChI is InChI=1S/C19H17N/c1-2-8-17-14-18(12-11-15(17)6-1)20-13-5-9-16-7-3-4-10-19(16)20/h1-4,6-8,10-12,14H,5,9,13H2. The molecule has 0 N–H and O–H groups in total. The van der Waals surface area contributed by atoms with Crippen LogP contribution >= 0.6 is 0 Å². The number of aryl methyl sites for hydroxylation is 1. The molecule has 0 saturated carbocycles. The third kappa shape index (κ3) is 1.87. The Balaban J connectivity index is 1.84. The molecule has 3 aromatic carbocycles. The summed E-state index contributed by atoms with van der Waals surface area (Å²) in [5.41, 5.74) is 4.14. The van der Waals surface area contributed by atoms with E-state index >= 15 is 0 Å². The second-order valence-corrected chi connectivity index (χ2v) is 5.42. The van der Waals surface area contributed by atoms with E-state index < -0.39 is 0 Å². The number of anilines is 2. The summed E-state index contributed by atoms with van der Waals surface area (Å²) < 4.78 is 0. The van der Waals surface area contributed by atoms with Gasteiger partial charge in [-0.05, 0) is 47.4 Å². The Morgan fingerprint density at radius 3 is 2.50 bits per heavy atom. The van der Waals surface area contributed by atoms with Crippen LogP contribution in [0.3, 0.4) is 0 Å². The van der Waals surface area contributed by atoms with Crippen LogP contribution in [0, 0.1) is 0 Å². The molecule has 1 heteroatoms. The number of benzene rings is 3. The summed E-state index contributed by atoms with van der Waals surface area (Å²) in [5.74, 6) is 0. The van der Waals surface area contributed by atoms with Crippen LogP contribution < -0.4 is 4.90 Å². The molecular weight excluding hydrogens is 242 g/mol. The van der Waals surface area contributed by atoms with Crippen LogP contribution in [0.4, 0.5) is 11.4 Å². The molecule has 0 spiro atoms. The van der Waals surface area contributed by atoms with Crippen molar-refractivity contribution >= 4 is 22.1 Å². The lowest BCUT2D eigenvalue weighted by molar-refractivity contribution is 0.767. The first-order valence-electron chi connectivity index (χ1n) is 7.26. The van der Waals surface area contributed by atoms with Gasteiger partial charge in [-0.15, -0.1) is 0 Å². The Bertz CT molecular complexity index is 760. The van der Waals surface area contributed by atoms with Crippen molar-refractivity contribution in [3.05, 3.63) is 72.3 Å². The Morgan fingerprint density at radius 1 is 0.750 bits per heavy atom. The van der Waals surface area contributed by atoms with Crippen molar-refractivity contribution < 1.29 is 0 Å². The van der Waals surface area contributed by atoms with Crippen LogP contribution in [0.1, 0.15) is 12.0 Å². The zero-order valence-electron chi connectivity index (χ0n) is 11.4. The Kier molecular flexibility index (Phi) is 2.70. The Hall–Kier alpha value is -2.28. The predicted octanol–water partition coefficient (Wildman–Crippen LogP) is 4.92. The van der Waals surface area contributed by atoms with Crippen molar-refractivity contribution in [2.75, 3.05) is 11.4 Å². The minimum atomic E-state index is 1.11. The number of hydrogen-bond donors (Lipinski definition) is 0. The summed E-state index contributed by atoms with van der Waals surface area (Å²) >= 11 is 0. The smallest absolute Gasteiger partial charge is 0.0443 e. The normalized spacial score (nSPS) is 14.3. The van der Waals surface area contributed by atoms with Crippen molar-refractivity contribution in [1.82, 2.24) is 0 Å². The zero-order chi connectivity index (χ0) is 13.4. The zero-order valence-corrected chi connectivity index (χ0v) is 11.4. The van der Waals surface area contributed by atoms with E-state index in [2.05, 4.69) is 71.6 Å². The Labute approximate surface area is 119 Å². The van der Waals surface area contributed by atoms with E-state index in [0.29, 0.717) is 0 Å². The van der Waals surface area contributed by atoms with Gasteiger partial charge < -0.3 is 4.90 Å². The number of rotatable bonds is 1. The first kappa shape index (κ1) is 11.5. The van der Waals surface area contributed by atoms with Crippen LogP contribution in [0.15, 0.2) is 66.7 Å². The van der Waals surface area contributed by atoms with Gasteiger partial charge >= 0.3 is 0 Å². The SMILES string of the molecule is c1ccc2c(c1)CCCN2c1ccc2ccccc2c1. The van der Waals surface area contributed by atoms with Gasteiger partial charge in [0, 0.05) is 17.9 Å². The van der Waals surface area contributed by atoms with Gasteiger partial charge in [0.05, 0.1) is 0 Å². The van der Waals surface area contributed by atoms with Crippen LogP contribution in [0.2, 0.25) is 0 Å². The molecule has 0 aromatic heterocycles. The number of para-hydroxylation sites is 1. The van der Waals surface area contributed by atoms with Crippen molar-refractivity contribution in [2.45, 2.75) is 12.8 Å². The van der Waals surface area contributed by atoms with E-state index in [1.54, 1.807) is 0 Å². The van der Waals surface area contributed by atoms with Gasteiger partial charge in [-0.2, -0.15) is 0 Å². The summed E-state index contributed by atoms with van der Waals surface area (Å²) in [4.78, 5) is 2.45. The van der Waals surface area contributed by atoms with Crippen LogP contribution in [-0.4, -0.2) is 6.54 Å². The minimum absolute atomic E-state index is 1.11. The molecular formula is C19H17N. The molecule has 0 saturated heterocycles. The molecule has 1 aliphatic rings. The Morgan fingerprint density at radius 2 is 1.55 bits per heavy atom. The quantitative estimate of drug-likeness (QED) is 0.599. The molecule has 1 heterocycles. The maximum Gasteiger partial charge on any atom is 0.0443 e. The third-order valence-electron chi connectivity index (χ3n) is 4.15. The fourth-order valence-electron chi connectivity index (χ4n) is 3.15. The van der Waals surface area contributed by atoms with Crippen molar-refractivity contribution in [1.29, 1.82) is 0 Å². The minimum Gasteiger partial charge on any atom is -0.341 e. The molecule has 4 rings (SSSR count). The first-order chi connectivity index (χ1) is 9.92. The summed E-state index contributed by atoms with van der Waals surface area (Å²) in [6.07, 6.45) is 2.42. The molecule has 0 fully saturated rings. The molecule has 98 valence electrons. The summed E-state index contributed by atoms with van der Waals surface area (Å²) in [5, 5.41) is 2.62. The first-order valence-corrected chi connectivity index (χ1v) is 7.26. The average molecular weight is 259 g/mol. The van der Waals surface area contributed by atoms with E-state index in [4.69, 9.17) is 0 Å². The maximum absolute atomic E-state index is 2.45. The largest absolute Gasteiger partial charge is 0.341 e. The molecule has 20 heavy (non-hydrogen) atoms. The van der Waals surface area contributed by atoms with E-state index in [0.717, 1.165) is 6.54 Å². The molecule has 0 bridgehead atoms. The number of fused-ring (bicyclic) bond motifs is 2. The topological polar surface area (TPSA) is 3.24 Å². The molecule has 0 atom stereocenters. The fourth-order valence-corrected chi connectivity index (χ4v) is 3.15. The monoisotopic (exact) mass is 259 g/mol.